The number of nitrogens with zero attached hydrogens (tertiary/aromatic N) is 2. The highest BCUT2D eigenvalue weighted by atomic mass is 16.5. The zero-order valence-electron chi connectivity index (χ0n) is 15.1. The Balaban J connectivity index is 1.67. The van der Waals surface area contributed by atoms with Gasteiger partial charge in [0.1, 0.15) is 11.4 Å². The van der Waals surface area contributed by atoms with Crippen molar-refractivity contribution >= 4 is 17.2 Å². The van der Waals surface area contributed by atoms with Crippen molar-refractivity contribution in [2.24, 2.45) is 0 Å². The van der Waals surface area contributed by atoms with Crippen molar-refractivity contribution in [2.45, 2.75) is 6.92 Å². The summed E-state index contributed by atoms with van der Waals surface area (Å²) >= 11 is 0. The number of anilines is 1. The summed E-state index contributed by atoms with van der Waals surface area (Å²) in [5.74, 6) is 0.539. The number of fused-ring (bicyclic) bond motifs is 1. The average molecular weight is 357 g/mol. The molecule has 5 nitrogen and oxygen atoms in total. The van der Waals surface area contributed by atoms with Crippen LogP contribution in [0.4, 0.5) is 5.69 Å². The minimum atomic E-state index is -0.176. The maximum atomic E-state index is 12.6. The van der Waals surface area contributed by atoms with Gasteiger partial charge >= 0.3 is 0 Å². The van der Waals surface area contributed by atoms with E-state index in [1.165, 1.54) is 0 Å². The van der Waals surface area contributed by atoms with Crippen LogP contribution >= 0.6 is 0 Å². The van der Waals surface area contributed by atoms with Gasteiger partial charge in [-0.1, -0.05) is 24.3 Å². The van der Waals surface area contributed by atoms with Gasteiger partial charge in [-0.05, 0) is 48.9 Å². The van der Waals surface area contributed by atoms with Crippen molar-refractivity contribution in [3.05, 3.63) is 84.2 Å². The Morgan fingerprint density at radius 2 is 1.81 bits per heavy atom. The average Bonchev–Trinajstić information content (AvgIpc) is 3.14. The Morgan fingerprint density at radius 1 is 1.04 bits per heavy atom. The molecule has 0 aliphatic rings. The minimum absolute atomic E-state index is 0.176. The molecule has 0 fully saturated rings. The van der Waals surface area contributed by atoms with Crippen LogP contribution in [0.3, 0.4) is 0 Å². The predicted molar refractivity (Wildman–Crippen MR) is 106 cm³/mol. The Kier molecular flexibility index (Phi) is 4.34. The second-order valence-electron chi connectivity index (χ2n) is 6.28. The number of methoxy groups -OCH3 is 1. The molecule has 0 unspecified atom stereocenters. The molecule has 2 aromatic carbocycles. The largest absolute Gasteiger partial charge is 0.497 e. The highest BCUT2D eigenvalue weighted by Crippen LogP contribution is 2.28. The number of para-hydroxylation sites is 1. The standard InChI is InChI=1S/C22H19N3O2/c1-15-6-5-13-25-14-20(23-21(15)25)18-7-3-4-8-19(18)24-22(26)16-9-11-17(27-2)12-10-16/h3-14H,1-2H3,(H,24,26). The number of aryl methyl sites for hydroxylation is 1. The monoisotopic (exact) mass is 357 g/mol. The van der Waals surface area contributed by atoms with E-state index in [1.54, 1.807) is 31.4 Å². The van der Waals surface area contributed by atoms with Crippen LogP contribution in [-0.2, 0) is 0 Å². The first-order valence-electron chi connectivity index (χ1n) is 8.65. The fraction of sp³-hybridized carbons (Fsp3) is 0.0909. The lowest BCUT2D eigenvalue weighted by molar-refractivity contribution is 0.102. The molecule has 1 amide bonds. The molecule has 4 rings (SSSR count). The third-order valence-electron chi connectivity index (χ3n) is 4.48. The van der Waals surface area contributed by atoms with Gasteiger partial charge in [-0.15, -0.1) is 0 Å². The van der Waals surface area contributed by atoms with Gasteiger partial charge in [-0.3, -0.25) is 4.79 Å². The quantitative estimate of drug-likeness (QED) is 0.582. The third kappa shape index (κ3) is 3.27. The van der Waals surface area contributed by atoms with Crippen molar-refractivity contribution in [1.82, 2.24) is 9.38 Å². The van der Waals surface area contributed by atoms with Crippen LogP contribution in [0.2, 0.25) is 0 Å². The number of benzene rings is 2. The summed E-state index contributed by atoms with van der Waals surface area (Å²) in [6.07, 6.45) is 3.94. The number of carbonyl (C=O) groups is 1. The molecule has 0 saturated carbocycles. The molecule has 0 aliphatic carbocycles. The number of hydrogen-bond acceptors (Lipinski definition) is 3. The maximum absolute atomic E-state index is 12.6. The highest BCUT2D eigenvalue weighted by Gasteiger charge is 2.13. The molecule has 2 heterocycles. The first-order chi connectivity index (χ1) is 13.2. The summed E-state index contributed by atoms with van der Waals surface area (Å²) in [4.78, 5) is 17.4. The second-order valence-corrected chi connectivity index (χ2v) is 6.28. The van der Waals surface area contributed by atoms with E-state index in [-0.39, 0.29) is 5.91 Å². The number of aromatic nitrogens is 2. The third-order valence-corrected chi connectivity index (χ3v) is 4.48. The zero-order chi connectivity index (χ0) is 18.8. The van der Waals surface area contributed by atoms with E-state index >= 15 is 0 Å². The number of pyridine rings is 1. The van der Waals surface area contributed by atoms with Crippen molar-refractivity contribution in [3.8, 4) is 17.0 Å². The number of nitrogens with one attached hydrogen (secondary N) is 1. The fourth-order valence-corrected chi connectivity index (χ4v) is 3.04. The van der Waals surface area contributed by atoms with Gasteiger partial charge in [0, 0.05) is 23.5 Å². The van der Waals surface area contributed by atoms with Crippen LogP contribution in [-0.4, -0.2) is 22.4 Å². The van der Waals surface area contributed by atoms with Crippen molar-refractivity contribution < 1.29 is 9.53 Å². The lowest BCUT2D eigenvalue weighted by Crippen LogP contribution is -2.12. The van der Waals surface area contributed by atoms with Gasteiger partial charge in [-0.25, -0.2) is 4.98 Å². The summed E-state index contributed by atoms with van der Waals surface area (Å²) in [7, 11) is 1.60. The topological polar surface area (TPSA) is 55.6 Å². The number of hydrogen-bond donors (Lipinski definition) is 1. The van der Waals surface area contributed by atoms with Crippen molar-refractivity contribution in [3.63, 3.8) is 0 Å². The number of amides is 1. The first kappa shape index (κ1) is 16.8. The molecule has 0 bridgehead atoms. The molecule has 0 spiro atoms. The summed E-state index contributed by atoms with van der Waals surface area (Å²) in [5.41, 5.74) is 4.99. The molecule has 27 heavy (non-hydrogen) atoms. The molecule has 2 aromatic heterocycles. The first-order valence-corrected chi connectivity index (χ1v) is 8.65. The lowest BCUT2D eigenvalue weighted by Gasteiger charge is -2.10. The molecule has 5 heteroatoms. The van der Waals surface area contributed by atoms with E-state index < -0.39 is 0 Å². The van der Waals surface area contributed by atoms with Crippen LogP contribution in [0.5, 0.6) is 5.75 Å². The Hall–Kier alpha value is -3.60. The van der Waals surface area contributed by atoms with E-state index in [1.807, 2.05) is 60.1 Å². The molecular weight excluding hydrogens is 338 g/mol. The van der Waals surface area contributed by atoms with E-state index in [2.05, 4.69) is 5.32 Å². The summed E-state index contributed by atoms with van der Waals surface area (Å²) in [5, 5.41) is 2.99. The van der Waals surface area contributed by atoms with E-state index in [4.69, 9.17) is 9.72 Å². The Morgan fingerprint density at radius 3 is 2.56 bits per heavy atom. The SMILES string of the molecule is COc1ccc(C(=O)Nc2ccccc2-c2cn3cccc(C)c3n2)cc1. The summed E-state index contributed by atoms with van der Waals surface area (Å²) < 4.78 is 7.13. The van der Waals surface area contributed by atoms with Gasteiger partial charge in [-0.2, -0.15) is 0 Å². The zero-order valence-corrected chi connectivity index (χ0v) is 15.1. The van der Waals surface area contributed by atoms with Gasteiger partial charge in [0.15, 0.2) is 0 Å². The molecule has 0 saturated heterocycles. The van der Waals surface area contributed by atoms with Crippen LogP contribution in [0.15, 0.2) is 73.1 Å². The fourth-order valence-electron chi connectivity index (χ4n) is 3.04. The molecule has 1 N–H and O–H groups in total. The van der Waals surface area contributed by atoms with Crippen LogP contribution < -0.4 is 10.1 Å². The molecule has 0 aliphatic heterocycles. The molecule has 0 radical (unpaired) electrons. The molecular formula is C22H19N3O2. The smallest absolute Gasteiger partial charge is 0.255 e. The maximum Gasteiger partial charge on any atom is 0.255 e. The summed E-state index contributed by atoms with van der Waals surface area (Å²) in [6.45, 7) is 2.03. The molecule has 134 valence electrons. The molecule has 0 atom stereocenters. The van der Waals surface area contributed by atoms with E-state index in [0.717, 1.165) is 28.2 Å². The predicted octanol–water partition coefficient (Wildman–Crippen LogP) is 4.57. The van der Waals surface area contributed by atoms with Crippen molar-refractivity contribution in [2.75, 3.05) is 12.4 Å². The second kappa shape index (κ2) is 6.96. The van der Waals surface area contributed by atoms with Crippen LogP contribution in [0.1, 0.15) is 15.9 Å². The normalized spacial score (nSPS) is 10.7. The molecule has 4 aromatic rings. The minimum Gasteiger partial charge on any atom is -0.497 e. The number of carbonyl (C=O) groups excluding carboxylic acids is 1. The van der Waals surface area contributed by atoms with Gasteiger partial charge in [0.2, 0.25) is 0 Å². The van der Waals surface area contributed by atoms with Gasteiger partial charge in [0.25, 0.3) is 5.91 Å². The van der Waals surface area contributed by atoms with E-state index in [0.29, 0.717) is 11.3 Å². The Bertz CT molecular complexity index is 1110. The van der Waals surface area contributed by atoms with Gasteiger partial charge < -0.3 is 14.5 Å². The summed E-state index contributed by atoms with van der Waals surface area (Å²) in [6, 6.07) is 18.7. The number of ether oxygens (including phenoxy) is 1. The highest BCUT2D eigenvalue weighted by molar-refractivity contribution is 6.06. The van der Waals surface area contributed by atoms with Crippen molar-refractivity contribution in [1.29, 1.82) is 0 Å². The lowest BCUT2D eigenvalue weighted by atomic mass is 10.1. The number of rotatable bonds is 4. The van der Waals surface area contributed by atoms with Crippen LogP contribution in [0.25, 0.3) is 16.9 Å². The Labute approximate surface area is 157 Å². The number of imidazole rings is 1. The van der Waals surface area contributed by atoms with Crippen LogP contribution in [0, 0.1) is 6.92 Å². The van der Waals surface area contributed by atoms with Gasteiger partial charge in [0.05, 0.1) is 18.5 Å². The van der Waals surface area contributed by atoms with E-state index in [9.17, 15) is 4.79 Å².